The average Bonchev–Trinajstić information content (AvgIpc) is 2.67. The molecule has 0 saturated carbocycles. The predicted octanol–water partition coefficient (Wildman–Crippen LogP) is 6.68. The van der Waals surface area contributed by atoms with Crippen LogP contribution in [-0.2, 0) is 6.42 Å². The number of para-hydroxylation sites is 2. The van der Waals surface area contributed by atoms with E-state index in [1.165, 1.54) is 30.3 Å². The molecule has 150 valence electrons. The van der Waals surface area contributed by atoms with Crippen LogP contribution < -0.4 is 9.47 Å². The molecular formula is C21H14Cl2F2O4. The smallest absolute Gasteiger partial charge is 0.387 e. The van der Waals surface area contributed by atoms with E-state index in [0.29, 0.717) is 22.8 Å². The molecule has 0 unspecified atom stereocenters. The van der Waals surface area contributed by atoms with Crippen LogP contribution in [0.1, 0.15) is 21.5 Å². The van der Waals surface area contributed by atoms with Gasteiger partial charge in [-0.05, 0) is 35.9 Å². The number of alkyl halides is 2. The van der Waals surface area contributed by atoms with E-state index in [0.717, 1.165) is 5.56 Å². The quantitative estimate of drug-likeness (QED) is 0.447. The number of carboxylic acids is 1. The van der Waals surface area contributed by atoms with E-state index in [9.17, 15) is 13.6 Å². The number of rotatable bonds is 7. The highest BCUT2D eigenvalue weighted by molar-refractivity contribution is 6.42. The summed E-state index contributed by atoms with van der Waals surface area (Å²) in [6.07, 6.45) is 0.351. The summed E-state index contributed by atoms with van der Waals surface area (Å²) in [5.74, 6) is -0.739. The minimum absolute atomic E-state index is 0.0914. The molecule has 0 spiro atoms. The van der Waals surface area contributed by atoms with Gasteiger partial charge in [0.15, 0.2) is 11.5 Å². The van der Waals surface area contributed by atoms with Crippen LogP contribution in [0.15, 0.2) is 60.7 Å². The fourth-order valence-corrected chi connectivity index (χ4v) is 2.97. The van der Waals surface area contributed by atoms with Crippen LogP contribution >= 0.6 is 23.2 Å². The van der Waals surface area contributed by atoms with Gasteiger partial charge in [0.1, 0.15) is 5.75 Å². The number of ether oxygens (including phenoxy) is 2. The van der Waals surface area contributed by atoms with Crippen molar-refractivity contribution in [3.8, 4) is 17.2 Å². The van der Waals surface area contributed by atoms with Crippen LogP contribution in [0.25, 0.3) is 0 Å². The zero-order valence-corrected chi connectivity index (χ0v) is 16.3. The fraction of sp³-hybridized carbons (Fsp3) is 0.0952. The molecule has 0 aliphatic heterocycles. The molecule has 0 aliphatic carbocycles. The van der Waals surface area contributed by atoms with Gasteiger partial charge in [0.2, 0.25) is 0 Å². The molecule has 29 heavy (non-hydrogen) atoms. The fourth-order valence-electron chi connectivity index (χ4n) is 2.63. The lowest BCUT2D eigenvalue weighted by atomic mass is 10.0. The number of aromatic carboxylic acids is 1. The van der Waals surface area contributed by atoms with Crippen LogP contribution in [0.5, 0.6) is 17.2 Å². The lowest BCUT2D eigenvalue weighted by Gasteiger charge is -2.15. The second-order valence-electron chi connectivity index (χ2n) is 5.98. The molecule has 0 aliphatic rings. The van der Waals surface area contributed by atoms with Crippen molar-refractivity contribution in [3.63, 3.8) is 0 Å². The Morgan fingerprint density at radius 2 is 1.55 bits per heavy atom. The lowest BCUT2D eigenvalue weighted by Crippen LogP contribution is -2.03. The third kappa shape index (κ3) is 5.37. The highest BCUT2D eigenvalue weighted by atomic mass is 35.5. The van der Waals surface area contributed by atoms with Crippen molar-refractivity contribution < 1.29 is 28.2 Å². The highest BCUT2D eigenvalue weighted by Gasteiger charge is 2.15. The Hall–Kier alpha value is -2.83. The van der Waals surface area contributed by atoms with Gasteiger partial charge in [-0.3, -0.25) is 0 Å². The Morgan fingerprint density at radius 1 is 0.931 bits per heavy atom. The summed E-state index contributed by atoms with van der Waals surface area (Å²) in [5, 5.41) is 9.55. The maximum Gasteiger partial charge on any atom is 0.387 e. The number of hydrogen-bond donors (Lipinski definition) is 1. The Labute approximate surface area is 175 Å². The van der Waals surface area contributed by atoms with Gasteiger partial charge in [0.25, 0.3) is 0 Å². The maximum atomic E-state index is 12.7. The Balaban J connectivity index is 1.93. The first kappa shape index (κ1) is 20.9. The van der Waals surface area contributed by atoms with Gasteiger partial charge < -0.3 is 14.6 Å². The lowest BCUT2D eigenvalue weighted by molar-refractivity contribution is -0.0510. The van der Waals surface area contributed by atoms with Crippen LogP contribution in [-0.4, -0.2) is 17.7 Å². The van der Waals surface area contributed by atoms with E-state index in [-0.39, 0.29) is 22.1 Å². The molecule has 0 fully saturated rings. The van der Waals surface area contributed by atoms with Gasteiger partial charge in [-0.15, -0.1) is 0 Å². The summed E-state index contributed by atoms with van der Waals surface area (Å²) >= 11 is 12.2. The first-order valence-corrected chi connectivity index (χ1v) is 9.11. The molecule has 1 N–H and O–H groups in total. The molecule has 0 aromatic heterocycles. The maximum absolute atomic E-state index is 12.7. The molecule has 0 amide bonds. The number of halogens is 4. The van der Waals surface area contributed by atoms with Gasteiger partial charge in [-0.25, -0.2) is 4.79 Å². The summed E-state index contributed by atoms with van der Waals surface area (Å²) in [6.45, 7) is -3.00. The number of benzene rings is 3. The summed E-state index contributed by atoms with van der Waals surface area (Å²) in [7, 11) is 0. The molecule has 0 atom stereocenters. The molecule has 3 rings (SSSR count). The molecular weight excluding hydrogens is 425 g/mol. The molecule has 0 bridgehead atoms. The monoisotopic (exact) mass is 438 g/mol. The molecule has 3 aromatic carbocycles. The number of carboxylic acid groups (broad SMARTS) is 1. The van der Waals surface area contributed by atoms with Gasteiger partial charge in [-0.2, -0.15) is 8.78 Å². The molecule has 8 heteroatoms. The van der Waals surface area contributed by atoms with Gasteiger partial charge >= 0.3 is 12.6 Å². The average molecular weight is 439 g/mol. The van der Waals surface area contributed by atoms with E-state index in [1.54, 1.807) is 30.3 Å². The SMILES string of the molecule is O=C(O)c1ccc(Cc2cc(Cl)c(Cl)cc2Oc2ccccc2OC(F)F)cc1. The van der Waals surface area contributed by atoms with E-state index >= 15 is 0 Å². The topological polar surface area (TPSA) is 55.8 Å². The second-order valence-corrected chi connectivity index (χ2v) is 6.79. The molecule has 0 heterocycles. The van der Waals surface area contributed by atoms with Crippen molar-refractivity contribution in [2.45, 2.75) is 13.0 Å². The minimum atomic E-state index is -3.00. The Bertz CT molecular complexity index is 1020. The molecule has 4 nitrogen and oxygen atoms in total. The predicted molar refractivity (Wildman–Crippen MR) is 106 cm³/mol. The standard InChI is InChI=1S/C21H14Cl2F2O4/c22-15-10-14(9-12-5-7-13(8-6-12)20(26)27)19(11-16(15)23)28-17-3-1-2-4-18(17)29-21(24)25/h1-8,10-11,21H,9H2,(H,26,27). The summed E-state index contributed by atoms with van der Waals surface area (Å²) in [5.41, 5.74) is 1.60. The summed E-state index contributed by atoms with van der Waals surface area (Å²) < 4.78 is 35.6. The van der Waals surface area contributed by atoms with Crippen molar-refractivity contribution in [2.75, 3.05) is 0 Å². The van der Waals surface area contributed by atoms with Crippen molar-refractivity contribution in [1.29, 1.82) is 0 Å². The Kier molecular flexibility index (Phi) is 6.56. The van der Waals surface area contributed by atoms with Crippen molar-refractivity contribution in [2.24, 2.45) is 0 Å². The zero-order chi connectivity index (χ0) is 21.0. The third-order valence-corrected chi connectivity index (χ3v) is 4.71. The van der Waals surface area contributed by atoms with Crippen LogP contribution in [0.4, 0.5) is 8.78 Å². The van der Waals surface area contributed by atoms with E-state index in [2.05, 4.69) is 4.74 Å². The number of hydrogen-bond acceptors (Lipinski definition) is 3. The molecule has 3 aromatic rings. The first-order chi connectivity index (χ1) is 13.8. The van der Waals surface area contributed by atoms with E-state index in [1.807, 2.05) is 0 Å². The van der Waals surface area contributed by atoms with Crippen molar-refractivity contribution >= 4 is 29.2 Å². The van der Waals surface area contributed by atoms with E-state index in [4.69, 9.17) is 33.0 Å². The minimum Gasteiger partial charge on any atom is -0.478 e. The van der Waals surface area contributed by atoms with Crippen LogP contribution in [0.3, 0.4) is 0 Å². The second kappa shape index (κ2) is 9.11. The first-order valence-electron chi connectivity index (χ1n) is 8.35. The van der Waals surface area contributed by atoms with Gasteiger partial charge in [0.05, 0.1) is 15.6 Å². The van der Waals surface area contributed by atoms with Crippen molar-refractivity contribution in [1.82, 2.24) is 0 Å². The van der Waals surface area contributed by atoms with Crippen molar-refractivity contribution in [3.05, 3.63) is 87.4 Å². The van der Waals surface area contributed by atoms with Gasteiger partial charge in [-0.1, -0.05) is 47.5 Å². The van der Waals surface area contributed by atoms with Gasteiger partial charge in [0, 0.05) is 18.1 Å². The zero-order valence-electron chi connectivity index (χ0n) is 14.7. The van der Waals surface area contributed by atoms with Crippen LogP contribution in [0, 0.1) is 0 Å². The largest absolute Gasteiger partial charge is 0.478 e. The summed E-state index contributed by atoms with van der Waals surface area (Å²) in [6, 6.07) is 15.4. The normalized spacial score (nSPS) is 10.8. The Morgan fingerprint density at radius 3 is 2.17 bits per heavy atom. The summed E-state index contributed by atoms with van der Waals surface area (Å²) in [4.78, 5) is 11.0. The number of carbonyl (C=O) groups is 1. The van der Waals surface area contributed by atoms with E-state index < -0.39 is 12.6 Å². The highest BCUT2D eigenvalue weighted by Crippen LogP contribution is 2.38. The molecule has 0 saturated heterocycles. The third-order valence-electron chi connectivity index (χ3n) is 3.98. The molecule has 0 radical (unpaired) electrons. The van der Waals surface area contributed by atoms with Crippen LogP contribution in [0.2, 0.25) is 10.0 Å².